The minimum Gasteiger partial charge on any atom is -0.389 e. The lowest BCUT2D eigenvalue weighted by molar-refractivity contribution is 0.0259. The molecule has 0 bridgehead atoms. The third-order valence-corrected chi connectivity index (χ3v) is 6.01. The zero-order chi connectivity index (χ0) is 17.6. The maximum absolute atomic E-state index is 10.5. The van der Waals surface area contributed by atoms with E-state index >= 15 is 0 Å². The number of aromatic nitrogens is 4. The van der Waals surface area contributed by atoms with Crippen molar-refractivity contribution < 1.29 is 10.2 Å². The molecule has 0 radical (unpaired) electrons. The highest BCUT2D eigenvalue weighted by atomic mass is 35.5. The molecule has 0 unspecified atom stereocenters. The minimum absolute atomic E-state index is 0.155. The molecule has 1 aliphatic carbocycles. The van der Waals surface area contributed by atoms with Crippen LogP contribution in [0.2, 0.25) is 5.02 Å². The van der Waals surface area contributed by atoms with Crippen LogP contribution < -0.4 is 5.73 Å². The van der Waals surface area contributed by atoms with Gasteiger partial charge in [0.15, 0.2) is 11.5 Å². The molecule has 4 rings (SSSR count). The fourth-order valence-corrected chi connectivity index (χ4v) is 4.52. The first kappa shape index (κ1) is 16.6. The van der Waals surface area contributed by atoms with E-state index in [4.69, 9.17) is 17.3 Å². The van der Waals surface area contributed by atoms with Crippen molar-refractivity contribution in [3.63, 3.8) is 0 Å². The average molecular weight is 378 g/mol. The molecule has 3 aromatic rings. The van der Waals surface area contributed by atoms with Gasteiger partial charge >= 0.3 is 0 Å². The number of anilines is 1. The molecule has 7 nitrogen and oxygen atoms in total. The molecule has 1 fully saturated rings. The van der Waals surface area contributed by atoms with Gasteiger partial charge in [-0.1, -0.05) is 11.6 Å². The van der Waals surface area contributed by atoms with Gasteiger partial charge in [0.05, 0.1) is 18.5 Å². The van der Waals surface area contributed by atoms with Gasteiger partial charge in [-0.15, -0.1) is 11.8 Å². The largest absolute Gasteiger partial charge is 0.389 e. The summed E-state index contributed by atoms with van der Waals surface area (Å²) in [5.74, 6) is 0.295. The molecular weight excluding hydrogens is 362 g/mol. The summed E-state index contributed by atoms with van der Waals surface area (Å²) in [6.07, 6.45) is 1.75. The lowest BCUT2D eigenvalue weighted by atomic mass is 10.2. The van der Waals surface area contributed by atoms with Crippen molar-refractivity contribution in [2.24, 2.45) is 0 Å². The van der Waals surface area contributed by atoms with Gasteiger partial charge in [0.1, 0.15) is 17.9 Å². The Balaban J connectivity index is 1.61. The summed E-state index contributed by atoms with van der Waals surface area (Å²) in [5, 5.41) is 21.5. The lowest BCUT2D eigenvalue weighted by Crippen LogP contribution is -2.30. The maximum Gasteiger partial charge on any atom is 0.165 e. The molecule has 25 heavy (non-hydrogen) atoms. The van der Waals surface area contributed by atoms with Crippen LogP contribution in [0.15, 0.2) is 41.8 Å². The molecule has 4 N–H and O–H groups in total. The van der Waals surface area contributed by atoms with Crippen LogP contribution in [0.5, 0.6) is 0 Å². The van der Waals surface area contributed by atoms with Gasteiger partial charge in [-0.05, 0) is 30.7 Å². The second-order valence-corrected chi connectivity index (χ2v) is 7.73. The number of thioether (sulfide) groups is 1. The number of halogens is 1. The molecule has 0 spiro atoms. The molecule has 0 saturated heterocycles. The molecule has 1 aliphatic rings. The van der Waals surface area contributed by atoms with Gasteiger partial charge in [0.25, 0.3) is 0 Å². The summed E-state index contributed by atoms with van der Waals surface area (Å²) >= 11 is 7.43. The van der Waals surface area contributed by atoms with Crippen LogP contribution in [0.3, 0.4) is 0 Å². The van der Waals surface area contributed by atoms with Crippen molar-refractivity contribution in [3.05, 3.63) is 41.9 Å². The van der Waals surface area contributed by atoms with E-state index in [-0.39, 0.29) is 11.3 Å². The summed E-state index contributed by atoms with van der Waals surface area (Å²) in [6, 6.07) is 7.09. The van der Waals surface area contributed by atoms with Crippen molar-refractivity contribution in [2.45, 2.75) is 34.8 Å². The predicted molar refractivity (Wildman–Crippen MR) is 96.5 cm³/mol. The average Bonchev–Trinajstić information content (AvgIpc) is 3.14. The molecule has 9 heteroatoms. The van der Waals surface area contributed by atoms with E-state index in [1.54, 1.807) is 10.9 Å². The number of nitrogens with two attached hydrogens (primary N) is 1. The summed E-state index contributed by atoms with van der Waals surface area (Å²) in [4.78, 5) is 13.4. The second-order valence-electron chi connectivity index (χ2n) is 5.98. The quantitative estimate of drug-likeness (QED) is 0.639. The number of aliphatic hydroxyl groups is 2. The Morgan fingerprint density at radius 2 is 1.88 bits per heavy atom. The van der Waals surface area contributed by atoms with Crippen molar-refractivity contribution >= 4 is 40.3 Å². The van der Waals surface area contributed by atoms with Crippen molar-refractivity contribution in [1.82, 2.24) is 19.5 Å². The number of nitrogen functional groups attached to an aromatic ring is 1. The Labute approximate surface area is 152 Å². The SMILES string of the molecule is Nc1ncnc2c1ncn2[C@@H]1C[C@H](Sc2ccc(Cl)cc2)[C@@H](O)[C@H]1O. The molecule has 4 atom stereocenters. The Hall–Kier alpha value is -1.87. The van der Waals surface area contributed by atoms with Crippen molar-refractivity contribution in [1.29, 1.82) is 0 Å². The van der Waals surface area contributed by atoms with Gasteiger partial charge in [0, 0.05) is 15.2 Å². The molecule has 0 amide bonds. The monoisotopic (exact) mass is 377 g/mol. The van der Waals surface area contributed by atoms with Crippen LogP contribution in [0.1, 0.15) is 12.5 Å². The Morgan fingerprint density at radius 1 is 1.12 bits per heavy atom. The smallest absolute Gasteiger partial charge is 0.165 e. The van der Waals surface area contributed by atoms with E-state index in [1.807, 2.05) is 24.3 Å². The number of aliphatic hydroxyl groups excluding tert-OH is 2. The first-order valence-corrected chi connectivity index (χ1v) is 9.01. The number of benzene rings is 1. The van der Waals surface area contributed by atoms with E-state index in [1.165, 1.54) is 18.1 Å². The van der Waals surface area contributed by atoms with E-state index in [0.717, 1.165) is 4.90 Å². The third kappa shape index (κ3) is 2.95. The highest BCUT2D eigenvalue weighted by Crippen LogP contribution is 2.41. The highest BCUT2D eigenvalue weighted by Gasteiger charge is 2.43. The van der Waals surface area contributed by atoms with E-state index in [2.05, 4.69) is 15.0 Å². The van der Waals surface area contributed by atoms with Crippen LogP contribution in [0, 0.1) is 0 Å². The Morgan fingerprint density at radius 3 is 2.64 bits per heavy atom. The molecule has 0 aliphatic heterocycles. The number of imidazole rings is 1. The van der Waals surface area contributed by atoms with Crippen molar-refractivity contribution in [3.8, 4) is 0 Å². The number of hydrogen-bond acceptors (Lipinski definition) is 7. The maximum atomic E-state index is 10.5. The molecular formula is C16H16ClN5O2S. The van der Waals surface area contributed by atoms with Crippen LogP contribution in [0.25, 0.3) is 11.2 Å². The third-order valence-electron chi connectivity index (χ3n) is 4.44. The van der Waals surface area contributed by atoms with Gasteiger partial charge in [0.2, 0.25) is 0 Å². The first-order valence-electron chi connectivity index (χ1n) is 7.76. The molecule has 2 aromatic heterocycles. The highest BCUT2D eigenvalue weighted by molar-refractivity contribution is 8.00. The Bertz CT molecular complexity index is 903. The van der Waals surface area contributed by atoms with Crippen LogP contribution in [-0.2, 0) is 0 Å². The second kappa shape index (κ2) is 6.45. The standard InChI is InChI=1S/C16H16ClN5O2S/c17-8-1-3-9(4-2-8)25-11-5-10(13(23)14(11)24)22-7-21-12-15(18)19-6-20-16(12)22/h1-4,6-7,10-11,13-14,23-24H,5H2,(H2,18,19,20)/t10-,11+,13+,14-/m1/s1. The van der Waals surface area contributed by atoms with Crippen molar-refractivity contribution in [2.75, 3.05) is 5.73 Å². The molecule has 1 saturated carbocycles. The van der Waals surface area contributed by atoms with E-state index < -0.39 is 12.2 Å². The zero-order valence-electron chi connectivity index (χ0n) is 13.0. The number of rotatable bonds is 3. The van der Waals surface area contributed by atoms with E-state index in [9.17, 15) is 10.2 Å². The lowest BCUT2D eigenvalue weighted by Gasteiger charge is -2.18. The minimum atomic E-state index is -0.918. The first-order chi connectivity index (χ1) is 12.0. The summed E-state index contributed by atoms with van der Waals surface area (Å²) < 4.78 is 1.77. The van der Waals surface area contributed by atoms with Crippen LogP contribution in [-0.4, -0.2) is 47.2 Å². The topological polar surface area (TPSA) is 110 Å². The normalized spacial score (nSPS) is 26.4. The summed E-state index contributed by atoms with van der Waals surface area (Å²) in [7, 11) is 0. The zero-order valence-corrected chi connectivity index (χ0v) is 14.6. The van der Waals surface area contributed by atoms with Crippen LogP contribution in [0.4, 0.5) is 5.82 Å². The molecule has 130 valence electrons. The molecule has 1 aromatic carbocycles. The predicted octanol–water partition coefficient (Wildman–Crippen LogP) is 1.89. The Kier molecular flexibility index (Phi) is 4.28. The fraction of sp³-hybridized carbons (Fsp3) is 0.312. The van der Waals surface area contributed by atoms with Gasteiger partial charge in [-0.3, -0.25) is 0 Å². The summed E-state index contributed by atoms with van der Waals surface area (Å²) in [6.45, 7) is 0. The number of fused-ring (bicyclic) bond motifs is 1. The number of hydrogen-bond donors (Lipinski definition) is 3. The summed E-state index contributed by atoms with van der Waals surface area (Å²) in [5.41, 5.74) is 6.87. The van der Waals surface area contributed by atoms with Gasteiger partial charge in [-0.2, -0.15) is 0 Å². The van der Waals surface area contributed by atoms with Crippen LogP contribution >= 0.6 is 23.4 Å². The van der Waals surface area contributed by atoms with Gasteiger partial charge < -0.3 is 20.5 Å². The van der Waals surface area contributed by atoms with E-state index in [0.29, 0.717) is 28.4 Å². The number of nitrogens with zero attached hydrogens (tertiary/aromatic N) is 4. The van der Waals surface area contributed by atoms with Gasteiger partial charge in [-0.25, -0.2) is 15.0 Å². The fourth-order valence-electron chi connectivity index (χ4n) is 3.16. The molecule has 2 heterocycles.